The lowest BCUT2D eigenvalue weighted by molar-refractivity contribution is 0.0156. The van der Waals surface area contributed by atoms with E-state index < -0.39 is 11.7 Å². The van der Waals surface area contributed by atoms with E-state index in [9.17, 15) is 4.79 Å². The summed E-state index contributed by atoms with van der Waals surface area (Å²) in [6.45, 7) is 7.97. The van der Waals surface area contributed by atoms with Crippen LogP contribution in [-0.2, 0) is 11.3 Å². The molecule has 2 heterocycles. The van der Waals surface area contributed by atoms with E-state index in [2.05, 4.69) is 0 Å². The van der Waals surface area contributed by atoms with Gasteiger partial charge in [-0.25, -0.2) is 4.79 Å². The monoisotopic (exact) mass is 443 g/mol. The first-order chi connectivity index (χ1) is 15.2. The van der Waals surface area contributed by atoms with Crippen molar-refractivity contribution >= 4 is 6.09 Å². The molecular formula is C24H29NO7. The molecule has 0 saturated carbocycles. The van der Waals surface area contributed by atoms with Crippen molar-refractivity contribution in [1.82, 2.24) is 4.90 Å². The van der Waals surface area contributed by atoms with Crippen LogP contribution in [0.3, 0.4) is 0 Å². The van der Waals surface area contributed by atoms with Gasteiger partial charge < -0.3 is 28.4 Å². The first-order valence-electron chi connectivity index (χ1n) is 10.4. The zero-order chi connectivity index (χ0) is 23.2. The standard InChI is InChI=1S/C24H29NO7/c1-13-15-9-17-18(31-12-30-17)10-16(15)20-14(11-25(13)23(26)32-24(2,3)4)8-19(27-5)21(28-6)22(20)29-7/h8-10,13H,11-12H2,1-7H3/t13-/m0/s1. The number of hydrogen-bond donors (Lipinski definition) is 0. The third-order valence-corrected chi connectivity index (χ3v) is 5.61. The summed E-state index contributed by atoms with van der Waals surface area (Å²) in [6, 6.07) is 5.43. The number of methoxy groups -OCH3 is 3. The summed E-state index contributed by atoms with van der Waals surface area (Å²) in [7, 11) is 4.73. The van der Waals surface area contributed by atoms with Crippen molar-refractivity contribution in [1.29, 1.82) is 0 Å². The number of ether oxygens (including phenoxy) is 6. The summed E-state index contributed by atoms with van der Waals surface area (Å²) >= 11 is 0. The Morgan fingerprint density at radius 3 is 2.25 bits per heavy atom. The van der Waals surface area contributed by atoms with E-state index in [1.165, 1.54) is 0 Å². The Labute approximate surface area is 187 Å². The Morgan fingerprint density at radius 1 is 1.00 bits per heavy atom. The summed E-state index contributed by atoms with van der Waals surface area (Å²) in [4.78, 5) is 14.9. The molecule has 0 bridgehead atoms. The molecule has 8 heteroatoms. The van der Waals surface area contributed by atoms with Crippen LogP contribution in [0.15, 0.2) is 18.2 Å². The fraction of sp³-hybridized carbons (Fsp3) is 0.458. The van der Waals surface area contributed by atoms with Crippen LogP contribution in [0.25, 0.3) is 11.1 Å². The van der Waals surface area contributed by atoms with Crippen molar-refractivity contribution in [3.8, 4) is 39.9 Å². The molecule has 2 aliphatic heterocycles. The highest BCUT2D eigenvalue weighted by Gasteiger charge is 2.36. The largest absolute Gasteiger partial charge is 0.493 e. The molecule has 0 unspecified atom stereocenters. The molecule has 2 aromatic carbocycles. The predicted octanol–water partition coefficient (Wildman–Crippen LogP) is 4.92. The van der Waals surface area contributed by atoms with Crippen LogP contribution in [0.1, 0.15) is 44.9 Å². The summed E-state index contributed by atoms with van der Waals surface area (Å²) in [6.07, 6.45) is -0.407. The number of nitrogens with zero attached hydrogens (tertiary/aromatic N) is 1. The van der Waals surface area contributed by atoms with E-state index in [-0.39, 0.29) is 12.8 Å². The summed E-state index contributed by atoms with van der Waals surface area (Å²) in [5.74, 6) is 2.81. The van der Waals surface area contributed by atoms with Gasteiger partial charge in [0.05, 0.1) is 33.9 Å². The highest BCUT2D eigenvalue weighted by Crippen LogP contribution is 2.53. The average Bonchev–Trinajstić information content (AvgIpc) is 3.16. The average molecular weight is 443 g/mol. The SMILES string of the molecule is COc1cc2c(c(OC)c1OC)-c1cc3c(cc1[C@H](C)N(C(=O)OC(C)(C)C)C2)OCO3. The lowest BCUT2D eigenvalue weighted by atomic mass is 9.92. The number of benzene rings is 2. The lowest BCUT2D eigenvalue weighted by Crippen LogP contribution is -2.37. The van der Waals surface area contributed by atoms with Crippen molar-refractivity contribution in [2.24, 2.45) is 0 Å². The molecule has 0 aliphatic carbocycles. The van der Waals surface area contributed by atoms with E-state index in [1.54, 1.807) is 26.2 Å². The number of amides is 1. The maximum Gasteiger partial charge on any atom is 0.411 e. The summed E-state index contributed by atoms with van der Waals surface area (Å²) < 4.78 is 34.0. The number of carbonyl (C=O) groups excluding carboxylic acids is 1. The number of carbonyl (C=O) groups is 1. The molecule has 0 aromatic heterocycles. The minimum Gasteiger partial charge on any atom is -0.493 e. The highest BCUT2D eigenvalue weighted by atomic mass is 16.7. The van der Waals surface area contributed by atoms with Gasteiger partial charge in [-0.15, -0.1) is 0 Å². The highest BCUT2D eigenvalue weighted by molar-refractivity contribution is 5.85. The molecule has 0 radical (unpaired) electrons. The molecule has 0 fully saturated rings. The third kappa shape index (κ3) is 3.63. The Kier molecular flexibility index (Phi) is 5.48. The molecule has 1 atom stereocenters. The van der Waals surface area contributed by atoms with Crippen LogP contribution in [0.2, 0.25) is 0 Å². The van der Waals surface area contributed by atoms with Gasteiger partial charge in [0.15, 0.2) is 23.0 Å². The number of hydrogen-bond acceptors (Lipinski definition) is 7. The minimum absolute atomic E-state index is 0.151. The van der Waals surface area contributed by atoms with Gasteiger partial charge in [-0.3, -0.25) is 4.90 Å². The van der Waals surface area contributed by atoms with Crippen molar-refractivity contribution in [3.63, 3.8) is 0 Å². The maximum atomic E-state index is 13.2. The van der Waals surface area contributed by atoms with Gasteiger partial charge in [0, 0.05) is 5.56 Å². The van der Waals surface area contributed by atoms with Gasteiger partial charge in [-0.2, -0.15) is 0 Å². The smallest absolute Gasteiger partial charge is 0.411 e. The predicted molar refractivity (Wildman–Crippen MR) is 118 cm³/mol. The first kappa shape index (κ1) is 21.9. The van der Waals surface area contributed by atoms with E-state index >= 15 is 0 Å². The van der Waals surface area contributed by atoms with Crippen molar-refractivity contribution < 1.29 is 33.2 Å². The van der Waals surface area contributed by atoms with Gasteiger partial charge in [0.1, 0.15) is 5.60 Å². The number of rotatable bonds is 3. The fourth-order valence-corrected chi connectivity index (χ4v) is 4.18. The molecule has 4 rings (SSSR count). The molecule has 2 aromatic rings. The van der Waals surface area contributed by atoms with Crippen LogP contribution in [0.5, 0.6) is 28.7 Å². The van der Waals surface area contributed by atoms with Gasteiger partial charge in [-0.1, -0.05) is 0 Å². The van der Waals surface area contributed by atoms with Gasteiger partial charge >= 0.3 is 6.09 Å². The molecule has 2 aliphatic rings. The van der Waals surface area contributed by atoms with Crippen molar-refractivity contribution in [3.05, 3.63) is 29.3 Å². The summed E-state index contributed by atoms with van der Waals surface area (Å²) in [5.41, 5.74) is 2.80. The van der Waals surface area contributed by atoms with Crippen molar-refractivity contribution in [2.45, 2.75) is 45.9 Å². The summed E-state index contributed by atoms with van der Waals surface area (Å²) in [5, 5.41) is 0. The Balaban J connectivity index is 1.99. The van der Waals surface area contributed by atoms with Gasteiger partial charge in [0.2, 0.25) is 12.5 Å². The van der Waals surface area contributed by atoms with E-state index in [4.69, 9.17) is 28.4 Å². The molecule has 0 N–H and O–H groups in total. The Hall–Kier alpha value is -3.29. The molecule has 0 spiro atoms. The number of fused-ring (bicyclic) bond motifs is 4. The lowest BCUT2D eigenvalue weighted by Gasteiger charge is -2.31. The molecule has 0 saturated heterocycles. The van der Waals surface area contributed by atoms with E-state index in [1.807, 2.05) is 45.9 Å². The van der Waals surface area contributed by atoms with Crippen LogP contribution in [0.4, 0.5) is 4.79 Å². The molecule has 1 amide bonds. The fourth-order valence-electron chi connectivity index (χ4n) is 4.18. The molecular weight excluding hydrogens is 414 g/mol. The second-order valence-corrected chi connectivity index (χ2v) is 8.76. The topological polar surface area (TPSA) is 75.7 Å². The zero-order valence-corrected chi connectivity index (χ0v) is 19.5. The van der Waals surface area contributed by atoms with Crippen molar-refractivity contribution in [2.75, 3.05) is 28.1 Å². The van der Waals surface area contributed by atoms with Crippen LogP contribution in [-0.4, -0.2) is 44.7 Å². The molecule has 8 nitrogen and oxygen atoms in total. The Morgan fingerprint density at radius 2 is 1.66 bits per heavy atom. The van der Waals surface area contributed by atoms with Gasteiger partial charge in [0.25, 0.3) is 0 Å². The third-order valence-electron chi connectivity index (χ3n) is 5.61. The normalized spacial score (nSPS) is 16.6. The van der Waals surface area contributed by atoms with Crippen LogP contribution >= 0.6 is 0 Å². The quantitative estimate of drug-likeness (QED) is 0.666. The maximum absolute atomic E-state index is 13.2. The second kappa shape index (κ2) is 8.00. The Bertz CT molecular complexity index is 1060. The van der Waals surface area contributed by atoms with Gasteiger partial charge in [-0.05, 0) is 62.6 Å². The van der Waals surface area contributed by atoms with Crippen LogP contribution in [0, 0.1) is 0 Å². The molecule has 32 heavy (non-hydrogen) atoms. The van der Waals surface area contributed by atoms with E-state index in [0.29, 0.717) is 35.3 Å². The molecule has 172 valence electrons. The first-order valence-corrected chi connectivity index (χ1v) is 10.4. The second-order valence-electron chi connectivity index (χ2n) is 8.76. The minimum atomic E-state index is -0.626. The van der Waals surface area contributed by atoms with Crippen LogP contribution < -0.4 is 23.7 Å². The van der Waals surface area contributed by atoms with E-state index in [0.717, 1.165) is 22.3 Å². The zero-order valence-electron chi connectivity index (χ0n) is 19.5.